The average molecular weight is 288 g/mol. The smallest absolute Gasteiger partial charge is 0.110 e. The van der Waals surface area contributed by atoms with Gasteiger partial charge < -0.3 is 4.98 Å². The van der Waals surface area contributed by atoms with Crippen LogP contribution in [0.25, 0.3) is 0 Å². The number of nitrogens with one attached hydrogen (secondary N) is 1. The lowest BCUT2D eigenvalue weighted by atomic mass is 10.0. The number of aromatic nitrogens is 2. The Kier molecular flexibility index (Phi) is 4.50. The van der Waals surface area contributed by atoms with E-state index in [-0.39, 0.29) is 0 Å². The molecule has 0 fully saturated rings. The molecule has 0 bridgehead atoms. The number of hydrogen-bond acceptors (Lipinski definition) is 1. The predicted molar refractivity (Wildman–Crippen MR) is 91.0 cm³/mol. The lowest BCUT2D eigenvalue weighted by molar-refractivity contribution is 1.02. The summed E-state index contributed by atoms with van der Waals surface area (Å²) in [7, 11) is 0. The molecule has 110 valence electrons. The third-order valence-electron chi connectivity index (χ3n) is 3.69. The number of hydrogen-bond donors (Lipinski definition) is 1. The Morgan fingerprint density at radius 3 is 2.05 bits per heavy atom. The zero-order valence-electron chi connectivity index (χ0n) is 12.6. The van der Waals surface area contributed by atoms with Crippen molar-refractivity contribution in [2.24, 2.45) is 0 Å². The maximum atomic E-state index is 4.76. The summed E-state index contributed by atoms with van der Waals surface area (Å²) in [6, 6.07) is 21.0. The summed E-state index contributed by atoms with van der Waals surface area (Å²) >= 11 is 0. The molecule has 22 heavy (non-hydrogen) atoms. The quantitative estimate of drug-likeness (QED) is 0.672. The summed E-state index contributed by atoms with van der Waals surface area (Å²) in [4.78, 5) is 8.23. The molecule has 0 saturated heterocycles. The van der Waals surface area contributed by atoms with Crippen LogP contribution in [-0.4, -0.2) is 9.97 Å². The van der Waals surface area contributed by atoms with E-state index in [1.807, 2.05) is 18.2 Å². The second kappa shape index (κ2) is 6.90. The molecular weight excluding hydrogens is 268 g/mol. The Morgan fingerprint density at radius 2 is 1.45 bits per heavy atom. The van der Waals surface area contributed by atoms with E-state index in [4.69, 9.17) is 4.98 Å². The van der Waals surface area contributed by atoms with Gasteiger partial charge in [0.05, 0.1) is 5.69 Å². The maximum absolute atomic E-state index is 4.76. The van der Waals surface area contributed by atoms with Crippen molar-refractivity contribution in [1.82, 2.24) is 9.97 Å². The van der Waals surface area contributed by atoms with E-state index in [1.54, 1.807) is 0 Å². The minimum absolute atomic E-state index is 0.774. The lowest BCUT2D eigenvalue weighted by Gasteiger charge is -2.03. The third kappa shape index (κ3) is 3.53. The second-order valence-corrected chi connectivity index (χ2v) is 5.43. The number of nitrogens with zero attached hydrogens (tertiary/aromatic N) is 1. The normalized spacial score (nSPS) is 10.5. The average Bonchev–Trinajstić information content (AvgIpc) is 2.91. The van der Waals surface area contributed by atoms with Crippen LogP contribution in [0.15, 0.2) is 73.3 Å². The Bertz CT molecular complexity index is 668. The molecule has 0 saturated carbocycles. The third-order valence-corrected chi connectivity index (χ3v) is 3.69. The predicted octanol–water partition coefficient (Wildman–Crippen LogP) is 4.32. The highest BCUT2D eigenvalue weighted by atomic mass is 14.9. The molecule has 2 heteroatoms. The first-order chi connectivity index (χ1) is 10.8. The molecule has 0 atom stereocenters. The monoisotopic (exact) mass is 288 g/mol. The molecule has 0 amide bonds. The van der Waals surface area contributed by atoms with E-state index in [9.17, 15) is 0 Å². The van der Waals surface area contributed by atoms with Gasteiger partial charge in [0, 0.05) is 25.0 Å². The van der Waals surface area contributed by atoms with Gasteiger partial charge in [-0.3, -0.25) is 0 Å². The largest absolute Gasteiger partial charge is 0.345 e. The minimum atomic E-state index is 0.774. The number of benzene rings is 2. The molecule has 0 radical (unpaired) electrons. The molecule has 0 aliphatic rings. The molecule has 1 aromatic heterocycles. The molecule has 0 aliphatic heterocycles. The van der Waals surface area contributed by atoms with Crippen molar-refractivity contribution >= 4 is 0 Å². The standard InChI is InChI=1S/C20H20N2/c1-2-9-20-21-18(14-16-10-5-3-6-11-16)19(22-20)15-17-12-7-4-8-13-17/h2-8,10-13H,1,9,14-15H2,(H,21,22). The van der Waals surface area contributed by atoms with Crippen LogP contribution in [0.1, 0.15) is 28.3 Å². The number of rotatable bonds is 6. The van der Waals surface area contributed by atoms with Crippen LogP contribution in [0.5, 0.6) is 0 Å². The van der Waals surface area contributed by atoms with Gasteiger partial charge in [-0.15, -0.1) is 6.58 Å². The number of imidazole rings is 1. The van der Waals surface area contributed by atoms with Gasteiger partial charge in [-0.1, -0.05) is 66.7 Å². The van der Waals surface area contributed by atoms with Crippen LogP contribution < -0.4 is 0 Å². The summed E-state index contributed by atoms with van der Waals surface area (Å²) in [5.41, 5.74) is 4.91. The minimum Gasteiger partial charge on any atom is -0.345 e. The van der Waals surface area contributed by atoms with Gasteiger partial charge in [-0.2, -0.15) is 0 Å². The molecule has 0 aliphatic carbocycles. The van der Waals surface area contributed by atoms with Crippen molar-refractivity contribution < 1.29 is 0 Å². The van der Waals surface area contributed by atoms with E-state index < -0.39 is 0 Å². The topological polar surface area (TPSA) is 28.7 Å². The van der Waals surface area contributed by atoms with E-state index in [2.05, 4.69) is 60.1 Å². The molecular formula is C20H20N2. The highest BCUT2D eigenvalue weighted by molar-refractivity contribution is 5.30. The Balaban J connectivity index is 1.88. The fourth-order valence-electron chi connectivity index (χ4n) is 2.62. The second-order valence-electron chi connectivity index (χ2n) is 5.43. The van der Waals surface area contributed by atoms with E-state index >= 15 is 0 Å². The van der Waals surface area contributed by atoms with Gasteiger partial charge in [0.25, 0.3) is 0 Å². The Labute approximate surface area is 131 Å². The highest BCUT2D eigenvalue weighted by Crippen LogP contribution is 2.17. The SMILES string of the molecule is C=CCc1nc(Cc2ccccc2)c(Cc2ccccc2)[nH]1. The van der Waals surface area contributed by atoms with Gasteiger partial charge in [0.15, 0.2) is 0 Å². The summed E-state index contributed by atoms with van der Waals surface area (Å²) in [6.07, 6.45) is 4.40. The zero-order chi connectivity index (χ0) is 15.2. The molecule has 3 rings (SSSR count). The van der Waals surface area contributed by atoms with Crippen LogP contribution in [0, 0.1) is 0 Å². The number of aromatic amines is 1. The van der Waals surface area contributed by atoms with Gasteiger partial charge >= 0.3 is 0 Å². The van der Waals surface area contributed by atoms with Gasteiger partial charge in [0.1, 0.15) is 5.82 Å². The Hall–Kier alpha value is -2.61. The molecule has 1 heterocycles. The first-order valence-corrected chi connectivity index (χ1v) is 7.60. The van der Waals surface area contributed by atoms with Crippen LogP contribution in [0.3, 0.4) is 0 Å². The molecule has 0 unspecified atom stereocenters. The van der Waals surface area contributed by atoms with Gasteiger partial charge in [0.2, 0.25) is 0 Å². The first kappa shape index (κ1) is 14.3. The Morgan fingerprint density at radius 1 is 0.864 bits per heavy atom. The van der Waals surface area contributed by atoms with Crippen LogP contribution in [0.2, 0.25) is 0 Å². The molecule has 2 aromatic carbocycles. The van der Waals surface area contributed by atoms with Gasteiger partial charge in [-0.05, 0) is 11.1 Å². The number of H-pyrrole nitrogens is 1. The van der Waals surface area contributed by atoms with Crippen molar-refractivity contribution in [3.05, 3.63) is 102 Å². The summed E-state index contributed by atoms with van der Waals surface area (Å²) in [6.45, 7) is 3.80. The molecule has 1 N–H and O–H groups in total. The first-order valence-electron chi connectivity index (χ1n) is 7.60. The van der Waals surface area contributed by atoms with E-state index in [0.29, 0.717) is 0 Å². The van der Waals surface area contributed by atoms with Crippen molar-refractivity contribution in [1.29, 1.82) is 0 Å². The number of allylic oxidation sites excluding steroid dienone is 1. The van der Waals surface area contributed by atoms with Crippen LogP contribution in [0.4, 0.5) is 0 Å². The van der Waals surface area contributed by atoms with Crippen molar-refractivity contribution in [2.75, 3.05) is 0 Å². The molecule has 0 spiro atoms. The molecule has 2 nitrogen and oxygen atoms in total. The molecule has 3 aromatic rings. The van der Waals surface area contributed by atoms with E-state index in [1.165, 1.54) is 16.8 Å². The lowest BCUT2D eigenvalue weighted by Crippen LogP contribution is -1.96. The summed E-state index contributed by atoms with van der Waals surface area (Å²) < 4.78 is 0. The van der Waals surface area contributed by atoms with Crippen molar-refractivity contribution in [3.8, 4) is 0 Å². The van der Waals surface area contributed by atoms with E-state index in [0.717, 1.165) is 30.8 Å². The summed E-state index contributed by atoms with van der Waals surface area (Å²) in [5, 5.41) is 0. The zero-order valence-corrected chi connectivity index (χ0v) is 12.6. The summed E-state index contributed by atoms with van der Waals surface area (Å²) in [5.74, 6) is 0.992. The highest BCUT2D eigenvalue weighted by Gasteiger charge is 2.11. The van der Waals surface area contributed by atoms with Crippen LogP contribution >= 0.6 is 0 Å². The van der Waals surface area contributed by atoms with Gasteiger partial charge in [-0.25, -0.2) is 4.98 Å². The fourth-order valence-corrected chi connectivity index (χ4v) is 2.62. The maximum Gasteiger partial charge on any atom is 0.110 e. The van der Waals surface area contributed by atoms with Crippen molar-refractivity contribution in [3.63, 3.8) is 0 Å². The van der Waals surface area contributed by atoms with Crippen LogP contribution in [-0.2, 0) is 19.3 Å². The van der Waals surface area contributed by atoms with Crippen molar-refractivity contribution in [2.45, 2.75) is 19.3 Å². The fraction of sp³-hybridized carbons (Fsp3) is 0.150.